The van der Waals surface area contributed by atoms with E-state index in [1.807, 2.05) is 23.7 Å². The molecule has 21 heavy (non-hydrogen) atoms. The molecule has 1 aromatic carbocycles. The minimum Gasteiger partial charge on any atom is -0.497 e. The molecule has 0 unspecified atom stereocenters. The third kappa shape index (κ3) is 3.04. The highest BCUT2D eigenvalue weighted by molar-refractivity contribution is 7.09. The first kappa shape index (κ1) is 14.4. The number of rotatable bonds is 5. The predicted octanol–water partition coefficient (Wildman–Crippen LogP) is 3.50. The van der Waals surface area contributed by atoms with Crippen molar-refractivity contribution in [2.24, 2.45) is 0 Å². The summed E-state index contributed by atoms with van der Waals surface area (Å²) in [7, 11) is 3.40. The first-order valence-electron chi connectivity index (χ1n) is 7.16. The summed E-state index contributed by atoms with van der Waals surface area (Å²) in [5, 5.41) is 3.21. The molecule has 4 nitrogen and oxygen atoms in total. The maximum Gasteiger partial charge on any atom is 0.127 e. The zero-order chi connectivity index (χ0) is 14.7. The quantitative estimate of drug-likeness (QED) is 0.847. The molecule has 0 N–H and O–H groups in total. The third-order valence-corrected chi connectivity index (χ3v) is 4.75. The van der Waals surface area contributed by atoms with E-state index in [2.05, 4.69) is 16.0 Å². The Labute approximate surface area is 129 Å². The zero-order valence-corrected chi connectivity index (χ0v) is 13.2. The van der Waals surface area contributed by atoms with Crippen LogP contribution in [0.25, 0.3) is 0 Å². The molecular weight excluding hydrogens is 284 g/mol. The Balaban J connectivity index is 1.84. The fraction of sp³-hybridized carbons (Fsp3) is 0.438. The van der Waals surface area contributed by atoms with Gasteiger partial charge >= 0.3 is 0 Å². The second kappa shape index (κ2) is 6.45. The molecule has 0 bridgehead atoms. The Bertz CT molecular complexity index is 586. The summed E-state index contributed by atoms with van der Waals surface area (Å²) < 4.78 is 10.8. The van der Waals surface area contributed by atoms with Crippen molar-refractivity contribution in [2.75, 3.05) is 20.8 Å². The zero-order valence-electron chi connectivity index (χ0n) is 12.4. The van der Waals surface area contributed by atoms with Gasteiger partial charge in [-0.2, -0.15) is 0 Å². The number of aromatic nitrogens is 1. The Hall–Kier alpha value is -1.59. The van der Waals surface area contributed by atoms with E-state index in [1.165, 1.54) is 17.0 Å². The lowest BCUT2D eigenvalue weighted by atomic mass is 10.0. The van der Waals surface area contributed by atoms with E-state index >= 15 is 0 Å². The molecule has 1 atom stereocenters. The average molecular weight is 304 g/mol. The average Bonchev–Trinajstić information content (AvgIpc) is 3.19. The first-order chi connectivity index (χ1) is 10.3. The normalized spacial score (nSPS) is 18.9. The van der Waals surface area contributed by atoms with E-state index < -0.39 is 0 Å². The van der Waals surface area contributed by atoms with Crippen LogP contribution < -0.4 is 9.47 Å². The maximum absolute atomic E-state index is 5.56. The molecule has 2 heterocycles. The maximum atomic E-state index is 5.56. The van der Waals surface area contributed by atoms with E-state index in [-0.39, 0.29) is 0 Å². The molecule has 0 saturated carbocycles. The second-order valence-corrected chi connectivity index (χ2v) is 6.14. The summed E-state index contributed by atoms with van der Waals surface area (Å²) in [6, 6.07) is 6.50. The van der Waals surface area contributed by atoms with E-state index in [9.17, 15) is 0 Å². The summed E-state index contributed by atoms with van der Waals surface area (Å²) in [6.07, 6.45) is 4.25. The fourth-order valence-electron chi connectivity index (χ4n) is 2.97. The van der Waals surface area contributed by atoms with Crippen molar-refractivity contribution in [3.63, 3.8) is 0 Å². The van der Waals surface area contributed by atoms with Gasteiger partial charge in [0.1, 0.15) is 16.5 Å². The van der Waals surface area contributed by atoms with Crippen molar-refractivity contribution in [1.82, 2.24) is 9.88 Å². The number of hydrogen-bond donors (Lipinski definition) is 0. The third-order valence-electron chi connectivity index (χ3n) is 3.99. The number of thiazole rings is 1. The summed E-state index contributed by atoms with van der Waals surface area (Å²) in [5.41, 5.74) is 1.24. The molecule has 112 valence electrons. The number of hydrogen-bond acceptors (Lipinski definition) is 5. The van der Waals surface area contributed by atoms with Crippen LogP contribution in [0.5, 0.6) is 11.5 Å². The molecule has 2 aromatic rings. The van der Waals surface area contributed by atoms with E-state index in [4.69, 9.17) is 9.47 Å². The molecule has 5 heteroatoms. The molecule has 1 aromatic heterocycles. The van der Waals surface area contributed by atoms with Gasteiger partial charge in [-0.15, -0.1) is 11.3 Å². The monoisotopic (exact) mass is 304 g/mol. The Kier molecular flexibility index (Phi) is 4.41. The van der Waals surface area contributed by atoms with Gasteiger partial charge in [-0.3, -0.25) is 4.90 Å². The van der Waals surface area contributed by atoms with Crippen molar-refractivity contribution in [1.29, 1.82) is 0 Å². The van der Waals surface area contributed by atoms with Gasteiger partial charge in [0.15, 0.2) is 0 Å². The van der Waals surface area contributed by atoms with Gasteiger partial charge < -0.3 is 9.47 Å². The van der Waals surface area contributed by atoms with Crippen LogP contribution in [0.2, 0.25) is 0 Å². The highest BCUT2D eigenvalue weighted by Gasteiger charge is 2.28. The van der Waals surface area contributed by atoms with Crippen molar-refractivity contribution in [3.8, 4) is 11.5 Å². The number of ether oxygens (including phenoxy) is 2. The topological polar surface area (TPSA) is 34.6 Å². The van der Waals surface area contributed by atoms with E-state index in [0.717, 1.165) is 31.0 Å². The Morgan fingerprint density at radius 3 is 2.95 bits per heavy atom. The molecule has 0 radical (unpaired) electrons. The van der Waals surface area contributed by atoms with Gasteiger partial charge in [0.2, 0.25) is 0 Å². The van der Waals surface area contributed by atoms with Crippen molar-refractivity contribution in [3.05, 3.63) is 40.3 Å². The molecule has 1 aliphatic heterocycles. The molecule has 3 rings (SSSR count). The van der Waals surface area contributed by atoms with Crippen LogP contribution in [0.4, 0.5) is 0 Å². The van der Waals surface area contributed by atoms with Crippen LogP contribution in [0.1, 0.15) is 29.5 Å². The van der Waals surface area contributed by atoms with Crippen molar-refractivity contribution >= 4 is 11.3 Å². The number of nitrogens with zero attached hydrogens (tertiary/aromatic N) is 2. The first-order valence-corrected chi connectivity index (χ1v) is 8.04. The molecule has 0 amide bonds. The highest BCUT2D eigenvalue weighted by Crippen LogP contribution is 2.39. The summed E-state index contributed by atoms with van der Waals surface area (Å²) in [6.45, 7) is 2.02. The number of likely N-dealkylation sites (tertiary alicyclic amines) is 1. The van der Waals surface area contributed by atoms with E-state index in [1.54, 1.807) is 25.6 Å². The fourth-order valence-corrected chi connectivity index (χ4v) is 3.61. The van der Waals surface area contributed by atoms with Crippen molar-refractivity contribution < 1.29 is 9.47 Å². The number of methoxy groups -OCH3 is 2. The lowest BCUT2D eigenvalue weighted by Gasteiger charge is -2.25. The van der Waals surface area contributed by atoms with Gasteiger partial charge in [-0.1, -0.05) is 6.07 Å². The van der Waals surface area contributed by atoms with Crippen LogP contribution in [-0.4, -0.2) is 30.6 Å². The van der Waals surface area contributed by atoms with E-state index in [0.29, 0.717) is 6.04 Å². The molecule has 1 saturated heterocycles. The summed E-state index contributed by atoms with van der Waals surface area (Å²) >= 11 is 1.72. The van der Waals surface area contributed by atoms with Gasteiger partial charge in [-0.05, 0) is 25.5 Å². The lowest BCUT2D eigenvalue weighted by molar-refractivity contribution is 0.242. The Morgan fingerprint density at radius 1 is 1.33 bits per heavy atom. The van der Waals surface area contributed by atoms with Crippen LogP contribution >= 0.6 is 11.3 Å². The molecular formula is C16H20N2O2S. The summed E-state index contributed by atoms with van der Waals surface area (Å²) in [4.78, 5) is 6.89. The molecule has 1 fully saturated rings. The molecule has 1 aliphatic rings. The molecule has 0 spiro atoms. The van der Waals surface area contributed by atoms with Gasteiger partial charge in [0.05, 0.1) is 20.8 Å². The Morgan fingerprint density at radius 2 is 2.24 bits per heavy atom. The largest absolute Gasteiger partial charge is 0.497 e. The smallest absolute Gasteiger partial charge is 0.127 e. The molecule has 0 aliphatic carbocycles. The second-order valence-electron chi connectivity index (χ2n) is 5.16. The highest BCUT2D eigenvalue weighted by atomic mass is 32.1. The standard InChI is InChI=1S/C16H20N2O2S/c1-19-12-5-6-13(15(10-12)20-2)14-4-3-8-18(14)11-16-17-7-9-21-16/h5-7,9-10,14H,3-4,8,11H2,1-2H3/t14-/m0/s1. The van der Waals surface area contributed by atoms with Gasteiger partial charge in [0.25, 0.3) is 0 Å². The van der Waals surface area contributed by atoms with Crippen LogP contribution in [-0.2, 0) is 6.54 Å². The minimum absolute atomic E-state index is 0.398. The van der Waals surface area contributed by atoms with Crippen LogP contribution in [0.15, 0.2) is 29.8 Å². The van der Waals surface area contributed by atoms with Crippen LogP contribution in [0, 0.1) is 0 Å². The van der Waals surface area contributed by atoms with Crippen LogP contribution in [0.3, 0.4) is 0 Å². The number of benzene rings is 1. The summed E-state index contributed by atoms with van der Waals surface area (Å²) in [5.74, 6) is 1.74. The van der Waals surface area contributed by atoms with Crippen molar-refractivity contribution in [2.45, 2.75) is 25.4 Å². The van der Waals surface area contributed by atoms with Gasteiger partial charge in [0, 0.05) is 29.2 Å². The minimum atomic E-state index is 0.398. The SMILES string of the molecule is COc1ccc([C@@H]2CCCN2Cc2nccs2)c(OC)c1. The predicted molar refractivity (Wildman–Crippen MR) is 84.0 cm³/mol. The lowest BCUT2D eigenvalue weighted by Crippen LogP contribution is -2.23. The van der Waals surface area contributed by atoms with Gasteiger partial charge in [-0.25, -0.2) is 4.98 Å².